The molecule has 3 heterocycles. The fourth-order valence-electron chi connectivity index (χ4n) is 9.27. The van der Waals surface area contributed by atoms with E-state index in [2.05, 4.69) is 46.9 Å². The highest BCUT2D eigenvalue weighted by Crippen LogP contribution is 2.40. The zero-order valence-electron chi connectivity index (χ0n) is 49.6. The van der Waals surface area contributed by atoms with E-state index in [1.54, 1.807) is 36.4 Å². The van der Waals surface area contributed by atoms with Gasteiger partial charge in [-0.1, -0.05) is 70.4 Å². The highest BCUT2D eigenvalue weighted by atomic mass is 35.5. The van der Waals surface area contributed by atoms with Gasteiger partial charge in [0.1, 0.15) is 12.6 Å². The molecule has 0 saturated carbocycles. The number of nitrogens with two attached hydrogens (primary N) is 6. The minimum absolute atomic E-state index is 0. The quantitative estimate of drug-likeness (QED) is 0.0207. The number of rotatable bonds is 30. The van der Waals surface area contributed by atoms with Crippen molar-refractivity contribution in [2.24, 2.45) is 34.4 Å². The van der Waals surface area contributed by atoms with Crippen molar-refractivity contribution in [3.63, 3.8) is 0 Å². The lowest BCUT2D eigenvalue weighted by Crippen LogP contribution is -2.57. The molecular weight excluding hydrogens is 1290 g/mol. The molecule has 6 amide bonds. The number of aryl methyl sites for hydroxylation is 3. The molecule has 0 aliphatic heterocycles. The van der Waals surface area contributed by atoms with Crippen LogP contribution in [0.3, 0.4) is 0 Å². The first kappa shape index (κ1) is 73.0. The van der Waals surface area contributed by atoms with Gasteiger partial charge in [0.2, 0.25) is 61.8 Å². The van der Waals surface area contributed by atoms with Crippen molar-refractivity contribution in [3.05, 3.63) is 107 Å². The Bertz CT molecular complexity index is 3510. The molecule has 0 bridgehead atoms. The molecule has 484 valence electrons. The Morgan fingerprint density at radius 3 is 0.843 bits per heavy atom. The molecule has 3 atom stereocenters. The fourth-order valence-corrected chi connectivity index (χ4v) is 19.3. The van der Waals surface area contributed by atoms with E-state index < -0.39 is 85.5 Å². The molecule has 0 radical (unpaired) electrons. The highest BCUT2D eigenvalue weighted by molar-refractivity contribution is 7.96. The summed E-state index contributed by atoms with van der Waals surface area (Å²) in [5.74, 6) is -5.37. The second-order valence-corrected chi connectivity index (χ2v) is 31.0. The van der Waals surface area contributed by atoms with E-state index in [1.807, 2.05) is 0 Å². The number of thiazole rings is 3. The third-order valence-electron chi connectivity index (χ3n) is 13.9. The van der Waals surface area contributed by atoms with Crippen LogP contribution in [0.15, 0.2) is 85.4 Å². The largest absolute Gasteiger partial charge is 0.330 e. The Labute approximate surface area is 534 Å². The van der Waals surface area contributed by atoms with Gasteiger partial charge in [-0.05, 0) is 151 Å². The van der Waals surface area contributed by atoms with E-state index in [0.717, 1.165) is 0 Å². The van der Waals surface area contributed by atoms with Crippen LogP contribution in [0, 0.1) is 20.8 Å². The zero-order chi connectivity index (χ0) is 65.2. The first-order chi connectivity index (χ1) is 41.3. The van der Waals surface area contributed by atoms with Crippen molar-refractivity contribution in [3.8, 4) is 0 Å². The van der Waals surface area contributed by atoms with Crippen LogP contribution in [0.4, 0.5) is 32.5 Å². The molecule has 0 aliphatic rings. The topological polar surface area (TPSA) is 472 Å². The Kier molecular flexibility index (Phi) is 24.9. The van der Waals surface area contributed by atoms with Crippen LogP contribution in [0.5, 0.6) is 0 Å². The SMILES string of the molecule is CC(=O)Nc1nc(C)c(S(=O)(=O)[C@@](N)(CCCCN)C(=O)Nc2ccc(C(c3ccc(NC(=O)[C@](N)(CCCCN)S(=O)(=O)c4sc(NC(C)=O)nc4C)cc3)c3ccc(NC(=O)[C@](N)(CCCCN)S(=O)(=O)c4sc(NC(C)=O)nc4C)cc3)cc2)s1.Cl. The first-order valence-electron chi connectivity index (χ1n) is 27.5. The Morgan fingerprint density at radius 1 is 0.416 bits per heavy atom. The Balaban J connectivity index is 0.0000144. The zero-order valence-corrected chi connectivity index (χ0v) is 55.3. The molecule has 0 saturated heterocycles. The van der Waals surface area contributed by atoms with Crippen molar-refractivity contribution in [2.45, 2.75) is 132 Å². The van der Waals surface area contributed by atoms with E-state index in [0.29, 0.717) is 70.0 Å². The normalized spacial score (nSPS) is 13.9. The molecule has 27 nitrogen and oxygen atoms in total. The Hall–Kier alpha value is -6.73. The Morgan fingerprint density at radius 2 is 0.640 bits per heavy atom. The highest BCUT2D eigenvalue weighted by Gasteiger charge is 2.52. The van der Waals surface area contributed by atoms with E-state index in [1.165, 1.54) is 77.9 Å². The van der Waals surface area contributed by atoms with Crippen LogP contribution in [-0.4, -0.2) is 110 Å². The number of sulfone groups is 3. The van der Waals surface area contributed by atoms with Crippen LogP contribution < -0.4 is 66.3 Å². The fraction of sp³-hybridized carbons (Fsp3) is 0.400. The summed E-state index contributed by atoms with van der Waals surface area (Å²) >= 11 is 1.97. The number of carbonyl (C=O) groups excluding carboxylic acids is 6. The van der Waals surface area contributed by atoms with Gasteiger partial charge < -0.3 is 66.3 Å². The summed E-state index contributed by atoms with van der Waals surface area (Å²) in [4.78, 5) is 83.3. The monoisotopic (exact) mass is 1360 g/mol. The van der Waals surface area contributed by atoms with Crippen LogP contribution in [0.2, 0.25) is 0 Å². The molecular formula is C55H74ClN15O12S6. The van der Waals surface area contributed by atoms with Crippen molar-refractivity contribution in [1.29, 1.82) is 0 Å². The molecule has 34 heteroatoms. The summed E-state index contributed by atoms with van der Waals surface area (Å²) in [6.07, 6.45) is 0.529. The molecule has 3 aromatic heterocycles. The second-order valence-electron chi connectivity index (χ2n) is 20.8. The number of anilines is 6. The molecule has 6 aromatic rings. The lowest BCUT2D eigenvalue weighted by molar-refractivity contribution is -0.119. The third-order valence-corrected chi connectivity index (χ3v) is 25.7. The number of hydrogen-bond donors (Lipinski definition) is 12. The molecule has 3 aromatic carbocycles. The predicted octanol–water partition coefficient (Wildman–Crippen LogP) is 5.05. The van der Waals surface area contributed by atoms with Crippen LogP contribution in [0.1, 0.15) is 118 Å². The number of unbranched alkanes of at least 4 members (excludes halogenated alkanes) is 3. The van der Waals surface area contributed by atoms with Gasteiger partial charge in [-0.3, -0.25) is 28.8 Å². The number of hydrogen-bond acceptors (Lipinski definition) is 24. The number of carbonyl (C=O) groups is 6. The van der Waals surface area contributed by atoms with Gasteiger partial charge in [0.05, 0.1) is 17.1 Å². The first-order valence-corrected chi connectivity index (χ1v) is 34.4. The summed E-state index contributed by atoms with van der Waals surface area (Å²) in [5.41, 5.74) is 39.4. The van der Waals surface area contributed by atoms with E-state index in [9.17, 15) is 54.0 Å². The average Bonchev–Trinajstić information content (AvgIpc) is 1.91. The van der Waals surface area contributed by atoms with Crippen LogP contribution in [-0.2, 0) is 58.3 Å². The lowest BCUT2D eigenvalue weighted by Gasteiger charge is -2.28. The van der Waals surface area contributed by atoms with Gasteiger partial charge in [0, 0.05) is 43.8 Å². The summed E-state index contributed by atoms with van der Waals surface area (Å²) in [7, 11) is -14.0. The van der Waals surface area contributed by atoms with Crippen molar-refractivity contribution >= 4 is 144 Å². The van der Waals surface area contributed by atoms with E-state index in [4.69, 9.17) is 34.4 Å². The predicted molar refractivity (Wildman–Crippen MR) is 348 cm³/mol. The van der Waals surface area contributed by atoms with Crippen molar-refractivity contribution in [2.75, 3.05) is 51.5 Å². The maximum Gasteiger partial charge on any atom is 0.260 e. The lowest BCUT2D eigenvalue weighted by atomic mass is 9.85. The molecule has 0 fully saturated rings. The van der Waals surface area contributed by atoms with Gasteiger partial charge in [0.25, 0.3) is 17.7 Å². The van der Waals surface area contributed by atoms with Gasteiger partial charge >= 0.3 is 0 Å². The summed E-state index contributed by atoms with van der Waals surface area (Å²) in [6, 6.07) is 19.1. The van der Waals surface area contributed by atoms with E-state index >= 15 is 0 Å². The molecule has 89 heavy (non-hydrogen) atoms. The number of nitrogens with zero attached hydrogens (tertiary/aromatic N) is 3. The molecule has 0 aliphatic carbocycles. The average molecular weight is 1370 g/mol. The summed E-state index contributed by atoms with van der Waals surface area (Å²) < 4.78 is 85.5. The van der Waals surface area contributed by atoms with Gasteiger partial charge in [-0.2, -0.15) is 0 Å². The summed E-state index contributed by atoms with van der Waals surface area (Å²) in [5, 5.41) is 15.4. The van der Waals surface area contributed by atoms with Crippen LogP contribution in [0.25, 0.3) is 0 Å². The molecule has 0 spiro atoms. The van der Waals surface area contributed by atoms with Gasteiger partial charge in [-0.15, -0.1) is 12.4 Å². The number of amides is 6. The molecule has 18 N–H and O–H groups in total. The van der Waals surface area contributed by atoms with E-state index in [-0.39, 0.29) is 133 Å². The third kappa shape index (κ3) is 16.4. The number of halogens is 1. The maximum absolute atomic E-state index is 14.4. The summed E-state index contributed by atoms with van der Waals surface area (Å²) in [6.45, 7) is 8.53. The number of nitrogens with one attached hydrogen (secondary N) is 6. The number of aromatic nitrogens is 3. The minimum Gasteiger partial charge on any atom is -0.330 e. The molecule has 6 rings (SSSR count). The van der Waals surface area contributed by atoms with Crippen LogP contribution >= 0.6 is 46.4 Å². The smallest absolute Gasteiger partial charge is 0.260 e. The maximum atomic E-state index is 14.4. The second kappa shape index (κ2) is 30.4. The number of benzene rings is 3. The standard InChI is InChI=1S/C55H73N15O12S6.ClH/c1-31-44(83-50(62-31)65-34(4)71)86(77,78)53(59,25-7-10-28-56)47(74)68-40-19-13-37(14-20-40)43(38-15-21-41(22-16-38)69-48(75)54(60,26-8-11-29-57)87(79,80)45-32(2)63-51(84-45)66-35(5)72)39-17-23-42(24-18-39)70-49(76)55(61,27-9-12-30-58)88(81,82)46-33(3)64-52(85-46)67-36(6)73;/h13-24,43H,7-12,25-30,56-61H2,1-6H3,(H,68,74)(H,69,75)(H,70,76)(H,62,65,71)(H,63,66,72)(H,64,67,73);1H/t53-,54-,55-;/m0./s1. The van der Waals surface area contributed by atoms with Crippen molar-refractivity contribution in [1.82, 2.24) is 15.0 Å². The minimum atomic E-state index is -4.67. The van der Waals surface area contributed by atoms with Crippen molar-refractivity contribution < 1.29 is 54.0 Å². The van der Waals surface area contributed by atoms with Gasteiger partial charge in [-0.25, -0.2) is 40.2 Å². The molecule has 0 unspecified atom stereocenters. The van der Waals surface area contributed by atoms with Gasteiger partial charge in [0.15, 0.2) is 15.4 Å².